The summed E-state index contributed by atoms with van der Waals surface area (Å²) in [5.74, 6) is 0.534. The molecular formula is C18H23N3O3S2. The lowest BCUT2D eigenvalue weighted by atomic mass is 10.1. The molecule has 0 spiro atoms. The molecule has 4 rings (SSSR count). The monoisotopic (exact) mass is 393 g/mol. The molecule has 2 aliphatic rings. The lowest BCUT2D eigenvalue weighted by Crippen LogP contribution is -2.50. The first-order valence-electron chi connectivity index (χ1n) is 9.07. The van der Waals surface area contributed by atoms with Gasteiger partial charge in [-0.2, -0.15) is 0 Å². The van der Waals surface area contributed by atoms with Crippen molar-refractivity contribution in [3.63, 3.8) is 0 Å². The van der Waals surface area contributed by atoms with E-state index in [1.54, 1.807) is 12.1 Å². The molecule has 2 aromatic rings. The molecule has 0 atom stereocenters. The molecule has 6 nitrogen and oxygen atoms in total. The van der Waals surface area contributed by atoms with Crippen LogP contribution in [0.2, 0.25) is 0 Å². The SMILES string of the molecule is CS(=O)(=O)c1cccc2sc(N3CCN(C(=O)C4CCCC4)CC3)nc12. The number of hydrogen-bond acceptors (Lipinski definition) is 6. The van der Waals surface area contributed by atoms with Gasteiger partial charge in [-0.15, -0.1) is 0 Å². The van der Waals surface area contributed by atoms with Crippen LogP contribution in [0.4, 0.5) is 5.13 Å². The quantitative estimate of drug-likeness (QED) is 0.801. The third-order valence-corrected chi connectivity index (χ3v) is 7.55. The van der Waals surface area contributed by atoms with Crippen LogP contribution in [0.15, 0.2) is 23.1 Å². The van der Waals surface area contributed by atoms with Crippen LogP contribution in [0.3, 0.4) is 0 Å². The van der Waals surface area contributed by atoms with Gasteiger partial charge in [0, 0.05) is 38.4 Å². The molecule has 1 aromatic carbocycles. The van der Waals surface area contributed by atoms with Gasteiger partial charge in [0.2, 0.25) is 5.91 Å². The summed E-state index contributed by atoms with van der Waals surface area (Å²) in [5.41, 5.74) is 0.555. The van der Waals surface area contributed by atoms with Crippen molar-refractivity contribution in [3.05, 3.63) is 18.2 Å². The van der Waals surface area contributed by atoms with Gasteiger partial charge in [0.05, 0.1) is 9.60 Å². The summed E-state index contributed by atoms with van der Waals surface area (Å²) in [4.78, 5) is 21.6. The van der Waals surface area contributed by atoms with Crippen molar-refractivity contribution < 1.29 is 13.2 Å². The van der Waals surface area contributed by atoms with Crippen molar-refractivity contribution in [1.82, 2.24) is 9.88 Å². The van der Waals surface area contributed by atoms with Crippen LogP contribution < -0.4 is 4.90 Å². The maximum Gasteiger partial charge on any atom is 0.225 e. The van der Waals surface area contributed by atoms with E-state index in [0.717, 1.165) is 35.8 Å². The van der Waals surface area contributed by atoms with E-state index in [1.165, 1.54) is 30.4 Å². The highest BCUT2D eigenvalue weighted by Gasteiger charge is 2.30. The van der Waals surface area contributed by atoms with Crippen molar-refractivity contribution in [2.45, 2.75) is 30.6 Å². The highest BCUT2D eigenvalue weighted by molar-refractivity contribution is 7.91. The van der Waals surface area contributed by atoms with Crippen LogP contribution in [-0.2, 0) is 14.6 Å². The Bertz CT molecular complexity index is 924. The molecule has 140 valence electrons. The first-order chi connectivity index (χ1) is 12.4. The van der Waals surface area contributed by atoms with Gasteiger partial charge in [-0.25, -0.2) is 13.4 Å². The average Bonchev–Trinajstić information content (AvgIpc) is 3.29. The Balaban J connectivity index is 1.50. The zero-order valence-corrected chi connectivity index (χ0v) is 16.5. The Hall–Kier alpha value is -1.67. The number of sulfone groups is 1. The summed E-state index contributed by atoms with van der Waals surface area (Å²) in [6.07, 6.45) is 5.63. The number of nitrogens with zero attached hydrogens (tertiary/aromatic N) is 3. The van der Waals surface area contributed by atoms with Crippen molar-refractivity contribution in [2.75, 3.05) is 37.3 Å². The summed E-state index contributed by atoms with van der Waals surface area (Å²) in [7, 11) is -3.30. The number of anilines is 1. The van der Waals surface area contributed by atoms with Gasteiger partial charge in [0.25, 0.3) is 0 Å². The van der Waals surface area contributed by atoms with E-state index >= 15 is 0 Å². The number of hydrogen-bond donors (Lipinski definition) is 0. The molecule has 1 saturated carbocycles. The first kappa shape index (κ1) is 17.7. The molecule has 2 fully saturated rings. The summed E-state index contributed by atoms with van der Waals surface area (Å²) in [5, 5.41) is 0.837. The molecule has 1 amide bonds. The zero-order valence-electron chi connectivity index (χ0n) is 14.8. The van der Waals surface area contributed by atoms with E-state index in [2.05, 4.69) is 9.88 Å². The lowest BCUT2D eigenvalue weighted by Gasteiger charge is -2.35. The first-order valence-corrected chi connectivity index (χ1v) is 11.8. The van der Waals surface area contributed by atoms with Gasteiger partial charge in [0.15, 0.2) is 15.0 Å². The second-order valence-electron chi connectivity index (χ2n) is 7.17. The van der Waals surface area contributed by atoms with E-state index in [-0.39, 0.29) is 10.8 Å². The van der Waals surface area contributed by atoms with Crippen molar-refractivity contribution in [3.8, 4) is 0 Å². The molecule has 0 unspecified atom stereocenters. The minimum atomic E-state index is -3.30. The van der Waals surface area contributed by atoms with Crippen LogP contribution in [0, 0.1) is 5.92 Å². The van der Waals surface area contributed by atoms with E-state index in [1.807, 2.05) is 11.0 Å². The summed E-state index contributed by atoms with van der Waals surface area (Å²) in [6, 6.07) is 5.28. The number of fused-ring (bicyclic) bond motifs is 1. The second-order valence-corrected chi connectivity index (χ2v) is 10.2. The maximum atomic E-state index is 12.6. The normalized spacial score (nSPS) is 19.4. The summed E-state index contributed by atoms with van der Waals surface area (Å²) < 4.78 is 24.8. The number of benzene rings is 1. The molecule has 1 saturated heterocycles. The zero-order chi connectivity index (χ0) is 18.3. The third-order valence-electron chi connectivity index (χ3n) is 5.34. The van der Waals surface area contributed by atoms with Crippen LogP contribution in [0.1, 0.15) is 25.7 Å². The van der Waals surface area contributed by atoms with Gasteiger partial charge >= 0.3 is 0 Å². The molecule has 8 heteroatoms. The minimum absolute atomic E-state index is 0.223. The van der Waals surface area contributed by atoms with Crippen LogP contribution in [0.5, 0.6) is 0 Å². The Morgan fingerprint density at radius 2 is 1.85 bits per heavy atom. The van der Waals surface area contributed by atoms with E-state index in [4.69, 9.17) is 0 Å². The molecule has 0 radical (unpaired) electrons. The lowest BCUT2D eigenvalue weighted by molar-refractivity contribution is -0.135. The topological polar surface area (TPSA) is 70.6 Å². The molecule has 26 heavy (non-hydrogen) atoms. The van der Waals surface area contributed by atoms with Gasteiger partial charge in [-0.1, -0.05) is 30.2 Å². The number of piperazine rings is 1. The largest absolute Gasteiger partial charge is 0.345 e. The van der Waals surface area contributed by atoms with E-state index in [0.29, 0.717) is 24.5 Å². The summed E-state index contributed by atoms with van der Waals surface area (Å²) >= 11 is 1.52. The van der Waals surface area contributed by atoms with E-state index < -0.39 is 9.84 Å². The van der Waals surface area contributed by atoms with Crippen molar-refractivity contribution >= 4 is 42.4 Å². The molecule has 1 aliphatic heterocycles. The predicted octanol–water partition coefficient (Wildman–Crippen LogP) is 2.54. The fourth-order valence-corrected chi connectivity index (χ4v) is 5.84. The number of rotatable bonds is 3. The second kappa shape index (κ2) is 6.81. The maximum absolute atomic E-state index is 12.6. The Morgan fingerprint density at radius 3 is 2.50 bits per heavy atom. The number of amides is 1. The fraction of sp³-hybridized carbons (Fsp3) is 0.556. The molecule has 1 aromatic heterocycles. The number of thiazole rings is 1. The molecule has 0 N–H and O–H groups in total. The molecule has 0 bridgehead atoms. The molecule has 1 aliphatic carbocycles. The Morgan fingerprint density at radius 1 is 1.15 bits per heavy atom. The molecular weight excluding hydrogens is 370 g/mol. The Labute approximate surface area is 157 Å². The minimum Gasteiger partial charge on any atom is -0.345 e. The van der Waals surface area contributed by atoms with Gasteiger partial charge < -0.3 is 9.80 Å². The fourth-order valence-electron chi connectivity index (χ4n) is 3.90. The number of carbonyl (C=O) groups is 1. The highest BCUT2D eigenvalue weighted by Crippen LogP contribution is 2.33. The van der Waals surface area contributed by atoms with Crippen LogP contribution in [-0.4, -0.2) is 56.6 Å². The van der Waals surface area contributed by atoms with Gasteiger partial charge in [-0.3, -0.25) is 4.79 Å². The number of aromatic nitrogens is 1. The smallest absolute Gasteiger partial charge is 0.225 e. The average molecular weight is 394 g/mol. The van der Waals surface area contributed by atoms with Crippen molar-refractivity contribution in [1.29, 1.82) is 0 Å². The summed E-state index contributed by atoms with van der Waals surface area (Å²) in [6.45, 7) is 2.91. The predicted molar refractivity (Wildman–Crippen MR) is 103 cm³/mol. The van der Waals surface area contributed by atoms with E-state index in [9.17, 15) is 13.2 Å². The van der Waals surface area contributed by atoms with Crippen LogP contribution in [0.25, 0.3) is 10.2 Å². The van der Waals surface area contributed by atoms with Gasteiger partial charge in [-0.05, 0) is 25.0 Å². The van der Waals surface area contributed by atoms with Gasteiger partial charge in [0.1, 0.15) is 5.52 Å². The number of para-hydroxylation sites is 1. The van der Waals surface area contributed by atoms with Crippen molar-refractivity contribution in [2.24, 2.45) is 5.92 Å². The standard InChI is InChI=1S/C18H23N3O3S2/c1-26(23,24)15-8-4-7-14-16(15)19-18(25-14)21-11-9-20(10-12-21)17(22)13-5-2-3-6-13/h4,7-8,13H,2-3,5-6,9-12H2,1H3. The van der Waals surface area contributed by atoms with Crippen LogP contribution >= 0.6 is 11.3 Å². The third kappa shape index (κ3) is 3.32. The Kier molecular flexibility index (Phi) is 4.64. The number of carbonyl (C=O) groups excluding carboxylic acids is 1. The molecule has 2 heterocycles. The highest BCUT2D eigenvalue weighted by atomic mass is 32.2.